The fourth-order valence-electron chi connectivity index (χ4n) is 2.36. The van der Waals surface area contributed by atoms with Gasteiger partial charge in [0.25, 0.3) is 5.91 Å². The van der Waals surface area contributed by atoms with Crippen molar-refractivity contribution in [2.75, 3.05) is 12.2 Å². The zero-order valence-electron chi connectivity index (χ0n) is 12.1. The number of hydrogen-bond donors (Lipinski definition) is 1. The maximum atomic E-state index is 12.5. The van der Waals surface area contributed by atoms with Gasteiger partial charge < -0.3 is 4.74 Å². The molecule has 0 aliphatic carbocycles. The van der Waals surface area contributed by atoms with Gasteiger partial charge >= 0.3 is 0 Å². The predicted octanol–water partition coefficient (Wildman–Crippen LogP) is 3.88. The lowest BCUT2D eigenvalue weighted by Gasteiger charge is -2.17. The van der Waals surface area contributed by atoms with E-state index >= 15 is 0 Å². The van der Waals surface area contributed by atoms with Crippen molar-refractivity contribution in [3.8, 4) is 5.75 Å². The lowest BCUT2D eigenvalue weighted by Crippen LogP contribution is -2.27. The molecule has 0 saturated carbocycles. The van der Waals surface area contributed by atoms with Crippen LogP contribution >= 0.6 is 0 Å². The molecule has 1 amide bonds. The number of benzene rings is 3. The number of hydroxylamine groups is 1. The normalized spacial score (nSPS) is 10.5. The Hall–Kier alpha value is -2.85. The molecular formula is C18H15NO3. The van der Waals surface area contributed by atoms with Crippen LogP contribution in [0, 0.1) is 0 Å². The second kappa shape index (κ2) is 5.87. The van der Waals surface area contributed by atoms with E-state index in [1.54, 1.807) is 36.4 Å². The lowest BCUT2D eigenvalue weighted by molar-refractivity contribution is 0.0852. The molecule has 0 heterocycles. The Bertz CT molecular complexity index is 829. The van der Waals surface area contributed by atoms with E-state index in [0.29, 0.717) is 22.1 Å². The van der Waals surface area contributed by atoms with Crippen molar-refractivity contribution in [1.82, 2.24) is 0 Å². The van der Waals surface area contributed by atoms with Gasteiger partial charge in [-0.3, -0.25) is 10.0 Å². The van der Waals surface area contributed by atoms with Crippen LogP contribution in [0.25, 0.3) is 10.8 Å². The van der Waals surface area contributed by atoms with E-state index in [0.717, 1.165) is 10.8 Å². The maximum absolute atomic E-state index is 12.5. The number of amides is 1. The summed E-state index contributed by atoms with van der Waals surface area (Å²) in [5, 5.41) is 12.8. The first-order valence-corrected chi connectivity index (χ1v) is 6.86. The van der Waals surface area contributed by atoms with Gasteiger partial charge in [-0.25, -0.2) is 0 Å². The number of methoxy groups -OCH3 is 1. The van der Waals surface area contributed by atoms with Gasteiger partial charge in [-0.1, -0.05) is 42.5 Å². The first-order chi connectivity index (χ1) is 10.7. The van der Waals surface area contributed by atoms with E-state index < -0.39 is 5.91 Å². The van der Waals surface area contributed by atoms with Gasteiger partial charge in [-0.2, -0.15) is 5.06 Å². The molecule has 1 N–H and O–H groups in total. The average molecular weight is 293 g/mol. The summed E-state index contributed by atoms with van der Waals surface area (Å²) in [4.78, 5) is 12.5. The van der Waals surface area contributed by atoms with Crippen LogP contribution < -0.4 is 9.80 Å². The van der Waals surface area contributed by atoms with Gasteiger partial charge in [0, 0.05) is 5.56 Å². The number of ether oxygens (including phenoxy) is 1. The first-order valence-electron chi connectivity index (χ1n) is 6.86. The summed E-state index contributed by atoms with van der Waals surface area (Å²) in [7, 11) is 1.49. The molecule has 0 bridgehead atoms. The molecule has 3 aromatic carbocycles. The fraction of sp³-hybridized carbons (Fsp3) is 0.0556. The molecule has 0 spiro atoms. The first kappa shape index (κ1) is 14.1. The molecule has 4 heteroatoms. The highest BCUT2D eigenvalue weighted by molar-refractivity contribution is 6.07. The van der Waals surface area contributed by atoms with Crippen LogP contribution in [-0.4, -0.2) is 18.2 Å². The molecule has 4 nitrogen and oxygen atoms in total. The van der Waals surface area contributed by atoms with Gasteiger partial charge in [0.1, 0.15) is 11.4 Å². The van der Waals surface area contributed by atoms with Crippen LogP contribution in [0.2, 0.25) is 0 Å². The Balaban J connectivity index is 1.97. The largest absolute Gasteiger partial charge is 0.494 e. The van der Waals surface area contributed by atoms with E-state index in [1.807, 2.05) is 30.3 Å². The quantitative estimate of drug-likeness (QED) is 0.589. The molecule has 0 unspecified atom stereocenters. The Kier molecular flexibility index (Phi) is 3.76. The molecule has 0 aromatic heterocycles. The summed E-state index contributed by atoms with van der Waals surface area (Å²) in [6, 6.07) is 19.9. The van der Waals surface area contributed by atoms with Crippen LogP contribution in [0.4, 0.5) is 5.69 Å². The van der Waals surface area contributed by atoms with Gasteiger partial charge in [-0.15, -0.1) is 0 Å². The maximum Gasteiger partial charge on any atom is 0.282 e. The number of carbonyl (C=O) groups is 1. The SMILES string of the molecule is COc1ccccc1N(O)C(=O)c1ccc2ccccc2c1. The van der Waals surface area contributed by atoms with Crippen molar-refractivity contribution in [2.24, 2.45) is 0 Å². The van der Waals surface area contributed by atoms with E-state index in [-0.39, 0.29) is 0 Å². The molecule has 0 saturated heterocycles. The van der Waals surface area contributed by atoms with Crippen LogP contribution in [-0.2, 0) is 0 Å². The highest BCUT2D eigenvalue weighted by Crippen LogP contribution is 2.28. The molecule has 0 aliphatic rings. The van der Waals surface area contributed by atoms with Crippen LogP contribution in [0.1, 0.15) is 10.4 Å². The Labute approximate surface area is 128 Å². The minimum atomic E-state index is -0.504. The Morgan fingerprint density at radius 2 is 1.64 bits per heavy atom. The summed E-state index contributed by atoms with van der Waals surface area (Å²) in [6.45, 7) is 0. The Morgan fingerprint density at radius 3 is 2.41 bits per heavy atom. The van der Waals surface area contributed by atoms with Crippen molar-refractivity contribution in [2.45, 2.75) is 0 Å². The van der Waals surface area contributed by atoms with Crippen molar-refractivity contribution in [3.05, 3.63) is 72.3 Å². The summed E-state index contributed by atoms with van der Waals surface area (Å²) < 4.78 is 5.17. The third kappa shape index (κ3) is 2.52. The highest BCUT2D eigenvalue weighted by atomic mass is 16.5. The standard InChI is InChI=1S/C18H15NO3/c1-22-17-9-5-4-8-16(17)19(21)18(20)15-11-10-13-6-2-3-7-14(13)12-15/h2-12,21H,1H3. The highest BCUT2D eigenvalue weighted by Gasteiger charge is 2.19. The molecule has 0 aliphatic heterocycles. The van der Waals surface area contributed by atoms with E-state index in [1.165, 1.54) is 7.11 Å². The number of fused-ring (bicyclic) bond motifs is 1. The van der Waals surface area contributed by atoms with E-state index in [9.17, 15) is 10.0 Å². The third-order valence-electron chi connectivity index (χ3n) is 3.50. The minimum Gasteiger partial charge on any atom is -0.494 e. The number of nitrogens with zero attached hydrogens (tertiary/aromatic N) is 1. The average Bonchev–Trinajstić information content (AvgIpc) is 2.60. The van der Waals surface area contributed by atoms with Gasteiger partial charge in [0.05, 0.1) is 7.11 Å². The van der Waals surface area contributed by atoms with Crippen molar-refractivity contribution in [3.63, 3.8) is 0 Å². The number of rotatable bonds is 3. The summed E-state index contributed by atoms with van der Waals surface area (Å²) in [5.74, 6) is -0.0746. The molecular weight excluding hydrogens is 278 g/mol. The molecule has 0 atom stereocenters. The van der Waals surface area contributed by atoms with E-state index in [4.69, 9.17) is 4.74 Å². The lowest BCUT2D eigenvalue weighted by atomic mass is 10.1. The van der Waals surface area contributed by atoms with Gasteiger partial charge in [0.15, 0.2) is 0 Å². The smallest absolute Gasteiger partial charge is 0.282 e. The predicted molar refractivity (Wildman–Crippen MR) is 85.5 cm³/mol. The van der Waals surface area contributed by atoms with Crippen LogP contribution in [0.5, 0.6) is 5.75 Å². The number of hydrogen-bond acceptors (Lipinski definition) is 3. The molecule has 3 aromatic rings. The van der Waals surface area contributed by atoms with Crippen molar-refractivity contribution in [1.29, 1.82) is 0 Å². The Morgan fingerprint density at radius 1 is 0.955 bits per heavy atom. The van der Waals surface area contributed by atoms with Crippen LogP contribution in [0.3, 0.4) is 0 Å². The molecule has 110 valence electrons. The van der Waals surface area contributed by atoms with Gasteiger partial charge in [-0.05, 0) is 35.0 Å². The minimum absolute atomic E-state index is 0.308. The summed E-state index contributed by atoms with van der Waals surface area (Å²) >= 11 is 0. The molecule has 0 fully saturated rings. The molecule has 0 radical (unpaired) electrons. The van der Waals surface area contributed by atoms with Crippen molar-refractivity contribution >= 4 is 22.4 Å². The van der Waals surface area contributed by atoms with Gasteiger partial charge in [0.2, 0.25) is 0 Å². The number of para-hydroxylation sites is 2. The topological polar surface area (TPSA) is 49.8 Å². The zero-order valence-corrected chi connectivity index (χ0v) is 12.1. The van der Waals surface area contributed by atoms with Crippen LogP contribution in [0.15, 0.2) is 66.7 Å². The second-order valence-electron chi connectivity index (χ2n) is 4.85. The fourth-order valence-corrected chi connectivity index (χ4v) is 2.36. The zero-order chi connectivity index (χ0) is 15.5. The molecule has 22 heavy (non-hydrogen) atoms. The number of carbonyl (C=O) groups excluding carboxylic acids is 1. The third-order valence-corrected chi connectivity index (χ3v) is 3.50. The number of anilines is 1. The summed E-state index contributed by atoms with van der Waals surface area (Å²) in [5.41, 5.74) is 0.718. The van der Waals surface area contributed by atoms with E-state index in [2.05, 4.69) is 0 Å². The second-order valence-corrected chi connectivity index (χ2v) is 4.85. The summed E-state index contributed by atoms with van der Waals surface area (Å²) in [6.07, 6.45) is 0. The molecule has 3 rings (SSSR count). The monoisotopic (exact) mass is 293 g/mol. The van der Waals surface area contributed by atoms with Crippen molar-refractivity contribution < 1.29 is 14.7 Å².